The summed E-state index contributed by atoms with van der Waals surface area (Å²) in [5.74, 6) is 1.61. The Hall–Kier alpha value is -1.02. The maximum Gasteiger partial charge on any atom is 0.126 e. The summed E-state index contributed by atoms with van der Waals surface area (Å²) < 4.78 is 5.92. The van der Waals surface area contributed by atoms with Crippen molar-refractivity contribution in [1.82, 2.24) is 5.32 Å². The van der Waals surface area contributed by atoms with Gasteiger partial charge in [0.1, 0.15) is 5.75 Å². The molecular weight excluding hydrogens is 210 g/mol. The molecule has 0 bridgehead atoms. The summed E-state index contributed by atoms with van der Waals surface area (Å²) in [6, 6.07) is 6.83. The number of ether oxygens (including phenoxy) is 1. The molecule has 0 atom stereocenters. The molecule has 0 heterocycles. The molecule has 0 fully saturated rings. The van der Waals surface area contributed by atoms with Crippen molar-refractivity contribution >= 4 is 0 Å². The molecule has 0 aliphatic rings. The molecule has 0 saturated heterocycles. The Morgan fingerprint density at radius 3 is 2.47 bits per heavy atom. The Labute approximate surface area is 105 Å². The van der Waals surface area contributed by atoms with Gasteiger partial charge < -0.3 is 10.1 Å². The second kappa shape index (κ2) is 6.65. The first-order valence-electron chi connectivity index (χ1n) is 6.45. The second-order valence-electron chi connectivity index (χ2n) is 5.30. The number of aryl methyl sites for hydroxylation is 1. The third kappa shape index (κ3) is 4.78. The van der Waals surface area contributed by atoms with Crippen molar-refractivity contribution in [3.8, 4) is 5.75 Å². The highest BCUT2D eigenvalue weighted by molar-refractivity contribution is 5.40. The molecule has 96 valence electrons. The molecule has 1 N–H and O–H groups in total. The third-order valence-corrected chi connectivity index (χ3v) is 2.56. The molecule has 17 heavy (non-hydrogen) atoms. The molecule has 1 rings (SSSR count). The summed E-state index contributed by atoms with van der Waals surface area (Å²) in [6.45, 7) is 12.4. The molecule has 0 amide bonds. The van der Waals surface area contributed by atoms with Crippen LogP contribution in [-0.4, -0.2) is 12.6 Å². The Morgan fingerprint density at radius 2 is 1.88 bits per heavy atom. The van der Waals surface area contributed by atoms with Crippen LogP contribution in [0.4, 0.5) is 0 Å². The lowest BCUT2D eigenvalue weighted by Gasteiger charge is -2.17. The van der Waals surface area contributed by atoms with Crippen LogP contribution in [0.2, 0.25) is 0 Å². The van der Waals surface area contributed by atoms with E-state index in [4.69, 9.17) is 4.74 Å². The van der Waals surface area contributed by atoms with E-state index in [1.807, 2.05) is 0 Å². The molecule has 0 aliphatic carbocycles. The largest absolute Gasteiger partial charge is 0.493 e. The number of nitrogens with one attached hydrogen (secondary N) is 1. The van der Waals surface area contributed by atoms with E-state index in [9.17, 15) is 0 Å². The van der Waals surface area contributed by atoms with Gasteiger partial charge in [-0.3, -0.25) is 0 Å². The maximum atomic E-state index is 5.92. The molecule has 2 nitrogen and oxygen atoms in total. The van der Waals surface area contributed by atoms with E-state index in [1.54, 1.807) is 0 Å². The fourth-order valence-electron chi connectivity index (χ4n) is 1.62. The van der Waals surface area contributed by atoms with Crippen LogP contribution in [0.15, 0.2) is 18.2 Å². The number of benzene rings is 1. The summed E-state index contributed by atoms with van der Waals surface area (Å²) in [4.78, 5) is 0. The number of hydrogen-bond donors (Lipinski definition) is 1. The van der Waals surface area contributed by atoms with Gasteiger partial charge in [0.05, 0.1) is 6.61 Å². The van der Waals surface area contributed by atoms with E-state index in [0.717, 1.165) is 18.9 Å². The first-order valence-corrected chi connectivity index (χ1v) is 6.45. The van der Waals surface area contributed by atoms with Crippen LogP contribution in [0.5, 0.6) is 5.75 Å². The van der Waals surface area contributed by atoms with E-state index >= 15 is 0 Å². The van der Waals surface area contributed by atoms with Crippen molar-refractivity contribution in [1.29, 1.82) is 0 Å². The monoisotopic (exact) mass is 235 g/mol. The lowest BCUT2D eigenvalue weighted by atomic mass is 10.1. The van der Waals surface area contributed by atoms with Gasteiger partial charge in [0, 0.05) is 18.2 Å². The molecule has 0 aromatic heterocycles. The fraction of sp³-hybridized carbons (Fsp3) is 0.600. The van der Waals surface area contributed by atoms with Gasteiger partial charge in [-0.05, 0) is 18.4 Å². The Bertz CT molecular complexity index is 345. The van der Waals surface area contributed by atoms with E-state index in [2.05, 4.69) is 58.1 Å². The second-order valence-corrected chi connectivity index (χ2v) is 5.30. The summed E-state index contributed by atoms with van der Waals surface area (Å²) in [5.41, 5.74) is 2.47. The Kier molecular flexibility index (Phi) is 5.49. The molecule has 0 spiro atoms. The van der Waals surface area contributed by atoms with Crippen LogP contribution < -0.4 is 10.1 Å². The average Bonchev–Trinajstić information content (AvgIpc) is 2.24. The van der Waals surface area contributed by atoms with E-state index in [0.29, 0.717) is 12.0 Å². The van der Waals surface area contributed by atoms with Crippen molar-refractivity contribution in [3.05, 3.63) is 29.3 Å². The van der Waals surface area contributed by atoms with Gasteiger partial charge in [0.2, 0.25) is 0 Å². The highest BCUT2D eigenvalue weighted by Gasteiger charge is 2.08. The van der Waals surface area contributed by atoms with Crippen molar-refractivity contribution in [3.63, 3.8) is 0 Å². The molecule has 2 heteroatoms. The van der Waals surface area contributed by atoms with Crippen LogP contribution in [0, 0.1) is 12.8 Å². The minimum Gasteiger partial charge on any atom is -0.493 e. The zero-order valence-corrected chi connectivity index (χ0v) is 11.7. The highest BCUT2D eigenvalue weighted by atomic mass is 16.5. The predicted octanol–water partition coefficient (Wildman–Crippen LogP) is 3.53. The predicted molar refractivity (Wildman–Crippen MR) is 73.5 cm³/mol. The third-order valence-electron chi connectivity index (χ3n) is 2.56. The first kappa shape index (κ1) is 14.0. The lowest BCUT2D eigenvalue weighted by molar-refractivity contribution is 0.266. The summed E-state index contributed by atoms with van der Waals surface area (Å²) in [7, 11) is 0. The maximum absolute atomic E-state index is 5.92. The number of rotatable bonds is 6. The Balaban J connectivity index is 2.76. The normalized spacial score (nSPS) is 11.2. The minimum atomic E-state index is 0.494. The van der Waals surface area contributed by atoms with Gasteiger partial charge in [0.25, 0.3) is 0 Å². The van der Waals surface area contributed by atoms with Gasteiger partial charge in [-0.1, -0.05) is 45.9 Å². The number of para-hydroxylation sites is 1. The molecular formula is C15H25NO. The van der Waals surface area contributed by atoms with Crippen molar-refractivity contribution in [2.75, 3.05) is 6.61 Å². The van der Waals surface area contributed by atoms with E-state index in [1.165, 1.54) is 11.1 Å². The van der Waals surface area contributed by atoms with Crippen molar-refractivity contribution < 1.29 is 4.74 Å². The first-order chi connectivity index (χ1) is 8.00. The van der Waals surface area contributed by atoms with Crippen LogP contribution in [-0.2, 0) is 6.54 Å². The fourth-order valence-corrected chi connectivity index (χ4v) is 1.62. The highest BCUT2D eigenvalue weighted by Crippen LogP contribution is 2.24. The van der Waals surface area contributed by atoms with Gasteiger partial charge in [0.15, 0.2) is 0 Å². The van der Waals surface area contributed by atoms with Crippen LogP contribution in [0.25, 0.3) is 0 Å². The quantitative estimate of drug-likeness (QED) is 0.814. The molecule has 0 saturated carbocycles. The Morgan fingerprint density at radius 1 is 1.18 bits per heavy atom. The zero-order chi connectivity index (χ0) is 12.8. The average molecular weight is 235 g/mol. The van der Waals surface area contributed by atoms with E-state index < -0.39 is 0 Å². The topological polar surface area (TPSA) is 21.3 Å². The summed E-state index contributed by atoms with van der Waals surface area (Å²) in [6.07, 6.45) is 0. The lowest BCUT2D eigenvalue weighted by Crippen LogP contribution is -2.22. The smallest absolute Gasteiger partial charge is 0.126 e. The van der Waals surface area contributed by atoms with Gasteiger partial charge >= 0.3 is 0 Å². The van der Waals surface area contributed by atoms with Crippen molar-refractivity contribution in [2.45, 2.75) is 47.2 Å². The minimum absolute atomic E-state index is 0.494. The van der Waals surface area contributed by atoms with Crippen LogP contribution in [0.1, 0.15) is 38.8 Å². The van der Waals surface area contributed by atoms with Crippen LogP contribution in [0.3, 0.4) is 0 Å². The van der Waals surface area contributed by atoms with Gasteiger partial charge in [-0.15, -0.1) is 0 Å². The summed E-state index contributed by atoms with van der Waals surface area (Å²) in [5, 5.41) is 3.44. The number of hydrogen-bond acceptors (Lipinski definition) is 2. The van der Waals surface area contributed by atoms with Gasteiger partial charge in [-0.2, -0.15) is 0 Å². The standard InChI is InChI=1S/C15H25NO/c1-11(2)10-17-15-13(5)7-6-8-14(15)9-16-12(3)4/h6-8,11-12,16H,9-10H2,1-5H3. The van der Waals surface area contributed by atoms with Gasteiger partial charge in [-0.25, -0.2) is 0 Å². The zero-order valence-electron chi connectivity index (χ0n) is 11.7. The SMILES string of the molecule is Cc1cccc(CNC(C)C)c1OCC(C)C. The molecule has 0 radical (unpaired) electrons. The molecule has 1 aromatic carbocycles. The van der Waals surface area contributed by atoms with Crippen molar-refractivity contribution in [2.24, 2.45) is 5.92 Å². The molecule has 1 aromatic rings. The van der Waals surface area contributed by atoms with Crippen LogP contribution >= 0.6 is 0 Å². The molecule has 0 unspecified atom stereocenters. The van der Waals surface area contributed by atoms with E-state index in [-0.39, 0.29) is 0 Å². The molecule has 0 aliphatic heterocycles. The summed E-state index contributed by atoms with van der Waals surface area (Å²) >= 11 is 0.